The smallest absolute Gasteiger partial charge is 0.238 e. The monoisotopic (exact) mass is 339 g/mol. The summed E-state index contributed by atoms with van der Waals surface area (Å²) in [4.78, 5) is 12.6. The van der Waals surface area contributed by atoms with Crippen LogP contribution < -0.4 is 11.1 Å². The maximum Gasteiger partial charge on any atom is 0.238 e. The van der Waals surface area contributed by atoms with E-state index in [1.54, 1.807) is 0 Å². The molecule has 0 heterocycles. The molecule has 1 aliphatic rings. The van der Waals surface area contributed by atoms with Gasteiger partial charge >= 0.3 is 0 Å². The number of aryl methyl sites for hydroxylation is 1. The quantitative estimate of drug-likeness (QED) is 0.342. The number of amidine groups is 1. The van der Waals surface area contributed by atoms with Crippen molar-refractivity contribution < 1.29 is 10.0 Å². The summed E-state index contributed by atoms with van der Waals surface area (Å²) < 4.78 is 0.900. The molecule has 1 amide bonds. The third-order valence-corrected chi connectivity index (χ3v) is 4.25. The van der Waals surface area contributed by atoms with Crippen LogP contribution in [-0.2, 0) is 4.79 Å². The predicted octanol–water partition coefficient (Wildman–Crippen LogP) is 3.00. The highest BCUT2D eigenvalue weighted by atomic mass is 79.9. The Morgan fingerprint density at radius 3 is 2.60 bits per heavy atom. The van der Waals surface area contributed by atoms with E-state index in [-0.39, 0.29) is 11.7 Å². The van der Waals surface area contributed by atoms with Gasteiger partial charge < -0.3 is 16.3 Å². The Morgan fingerprint density at radius 2 is 2.05 bits per heavy atom. The van der Waals surface area contributed by atoms with Gasteiger partial charge in [0.25, 0.3) is 0 Å². The lowest BCUT2D eigenvalue weighted by atomic mass is 9.83. The van der Waals surface area contributed by atoms with Crippen LogP contribution in [0.1, 0.15) is 31.2 Å². The Labute approximate surface area is 126 Å². The molecule has 1 aromatic carbocycles. The first kappa shape index (κ1) is 14.8. The number of nitrogens with two attached hydrogens (primary N) is 1. The molecule has 1 saturated carbocycles. The minimum absolute atomic E-state index is 0.000723. The fourth-order valence-electron chi connectivity index (χ4n) is 2.73. The Bertz CT molecular complexity index is 531. The number of amides is 1. The van der Waals surface area contributed by atoms with Crippen LogP contribution in [-0.4, -0.2) is 17.0 Å². The molecule has 0 atom stereocenters. The summed E-state index contributed by atoms with van der Waals surface area (Å²) in [6.45, 7) is 1.95. The Balaban J connectivity index is 2.25. The molecule has 0 unspecified atom stereocenters. The molecule has 20 heavy (non-hydrogen) atoms. The molecule has 0 aromatic heterocycles. The molecule has 1 fully saturated rings. The molecule has 1 aliphatic carbocycles. The number of carbonyl (C=O) groups is 1. The predicted molar refractivity (Wildman–Crippen MR) is 81.8 cm³/mol. The third kappa shape index (κ3) is 2.80. The highest BCUT2D eigenvalue weighted by Crippen LogP contribution is 2.39. The molecule has 2 rings (SSSR count). The largest absolute Gasteiger partial charge is 0.409 e. The number of hydrogen-bond acceptors (Lipinski definition) is 3. The van der Waals surface area contributed by atoms with Crippen molar-refractivity contribution in [3.05, 3.63) is 28.2 Å². The second kappa shape index (κ2) is 5.83. The van der Waals surface area contributed by atoms with E-state index in [0.717, 1.165) is 22.9 Å². The van der Waals surface area contributed by atoms with Crippen molar-refractivity contribution in [3.8, 4) is 0 Å². The number of carbonyl (C=O) groups excluding carboxylic acids is 1. The fourth-order valence-corrected chi connectivity index (χ4v) is 3.34. The van der Waals surface area contributed by atoms with E-state index < -0.39 is 5.41 Å². The summed E-state index contributed by atoms with van der Waals surface area (Å²) in [5.74, 6) is -0.206. The highest BCUT2D eigenvalue weighted by molar-refractivity contribution is 9.10. The van der Waals surface area contributed by atoms with Gasteiger partial charge in [-0.1, -0.05) is 33.9 Å². The summed E-state index contributed by atoms with van der Waals surface area (Å²) in [5.41, 5.74) is 6.62. The lowest BCUT2D eigenvalue weighted by Gasteiger charge is -2.26. The first-order chi connectivity index (χ1) is 9.48. The summed E-state index contributed by atoms with van der Waals surface area (Å²) in [6.07, 6.45) is 3.03. The van der Waals surface area contributed by atoms with Crippen molar-refractivity contribution in [2.45, 2.75) is 32.6 Å². The van der Waals surface area contributed by atoms with Crippen LogP contribution >= 0.6 is 15.9 Å². The fraction of sp³-hybridized carbons (Fsp3) is 0.429. The normalized spacial score (nSPS) is 18.0. The lowest BCUT2D eigenvalue weighted by molar-refractivity contribution is -0.122. The van der Waals surface area contributed by atoms with Crippen molar-refractivity contribution in [2.75, 3.05) is 5.32 Å². The molecule has 0 bridgehead atoms. The number of nitrogens with zero attached hydrogens (tertiary/aromatic N) is 1. The van der Waals surface area contributed by atoms with Crippen molar-refractivity contribution in [2.24, 2.45) is 16.3 Å². The molecule has 4 N–H and O–H groups in total. The van der Waals surface area contributed by atoms with Gasteiger partial charge in [0.2, 0.25) is 5.91 Å². The summed E-state index contributed by atoms with van der Waals surface area (Å²) in [5, 5.41) is 14.9. The molecule has 5 nitrogen and oxygen atoms in total. The zero-order valence-electron chi connectivity index (χ0n) is 11.3. The first-order valence-corrected chi connectivity index (χ1v) is 7.34. The van der Waals surface area contributed by atoms with Gasteiger partial charge in [-0.2, -0.15) is 0 Å². The Kier molecular flexibility index (Phi) is 4.32. The molecule has 108 valence electrons. The zero-order chi connectivity index (χ0) is 14.8. The van der Waals surface area contributed by atoms with Gasteiger partial charge in [0.05, 0.1) is 0 Å². The standard InChI is InChI=1S/C14H18BrN3O2/c1-9-6-10(15)8-11(7-9)17-13(19)14(12(16)18-20)4-2-3-5-14/h6-8,20H,2-5H2,1H3,(H2,16,18)(H,17,19). The minimum Gasteiger partial charge on any atom is -0.409 e. The van der Waals surface area contributed by atoms with Crippen LogP contribution in [0.25, 0.3) is 0 Å². The van der Waals surface area contributed by atoms with Crippen molar-refractivity contribution in [3.63, 3.8) is 0 Å². The van der Waals surface area contributed by atoms with Gasteiger partial charge in [-0.15, -0.1) is 0 Å². The van der Waals surface area contributed by atoms with E-state index >= 15 is 0 Å². The maximum absolute atomic E-state index is 12.6. The Hall–Kier alpha value is -1.56. The third-order valence-electron chi connectivity index (χ3n) is 3.79. The van der Waals surface area contributed by atoms with Gasteiger partial charge in [0.1, 0.15) is 5.41 Å². The van der Waals surface area contributed by atoms with E-state index in [1.165, 1.54) is 0 Å². The maximum atomic E-state index is 12.6. The van der Waals surface area contributed by atoms with Crippen LogP contribution in [0, 0.1) is 12.3 Å². The number of rotatable bonds is 3. The van der Waals surface area contributed by atoms with Crippen molar-refractivity contribution in [1.82, 2.24) is 0 Å². The average Bonchev–Trinajstić information content (AvgIpc) is 2.87. The van der Waals surface area contributed by atoms with Crippen LogP contribution in [0.5, 0.6) is 0 Å². The topological polar surface area (TPSA) is 87.7 Å². The molecular weight excluding hydrogens is 322 g/mol. The van der Waals surface area contributed by atoms with Crippen LogP contribution in [0.2, 0.25) is 0 Å². The molecule has 1 aromatic rings. The van der Waals surface area contributed by atoms with Crippen LogP contribution in [0.15, 0.2) is 27.8 Å². The number of oxime groups is 1. The van der Waals surface area contributed by atoms with Crippen LogP contribution in [0.4, 0.5) is 5.69 Å². The SMILES string of the molecule is Cc1cc(Br)cc(NC(=O)C2(/C(N)=N/O)CCCC2)c1. The number of anilines is 1. The Morgan fingerprint density at radius 1 is 1.40 bits per heavy atom. The van der Waals surface area contributed by atoms with E-state index in [9.17, 15) is 4.79 Å². The summed E-state index contributed by atoms with van der Waals surface area (Å²) in [7, 11) is 0. The lowest BCUT2D eigenvalue weighted by Crippen LogP contribution is -2.45. The second-order valence-corrected chi connectivity index (χ2v) is 6.16. The molecule has 0 radical (unpaired) electrons. The van der Waals surface area contributed by atoms with Gasteiger partial charge in [0.15, 0.2) is 5.84 Å². The molecule has 0 spiro atoms. The van der Waals surface area contributed by atoms with Crippen molar-refractivity contribution in [1.29, 1.82) is 0 Å². The molecule has 0 aliphatic heterocycles. The number of benzene rings is 1. The zero-order valence-corrected chi connectivity index (χ0v) is 12.9. The number of halogens is 1. The van der Waals surface area contributed by atoms with Crippen LogP contribution in [0.3, 0.4) is 0 Å². The molecular formula is C14H18BrN3O2. The summed E-state index contributed by atoms with van der Waals surface area (Å²) >= 11 is 3.40. The van der Waals surface area contributed by atoms with Crippen molar-refractivity contribution >= 4 is 33.4 Å². The minimum atomic E-state index is -0.884. The average molecular weight is 340 g/mol. The summed E-state index contributed by atoms with van der Waals surface area (Å²) in [6, 6.07) is 5.68. The van der Waals surface area contributed by atoms with E-state index in [4.69, 9.17) is 10.9 Å². The van der Waals surface area contributed by atoms with E-state index in [0.29, 0.717) is 18.5 Å². The highest BCUT2D eigenvalue weighted by Gasteiger charge is 2.45. The second-order valence-electron chi connectivity index (χ2n) is 5.25. The van der Waals surface area contributed by atoms with E-state index in [2.05, 4.69) is 26.4 Å². The first-order valence-electron chi connectivity index (χ1n) is 6.54. The van der Waals surface area contributed by atoms with Gasteiger partial charge in [0, 0.05) is 10.2 Å². The molecule has 6 heteroatoms. The molecule has 0 saturated heterocycles. The van der Waals surface area contributed by atoms with Gasteiger partial charge in [-0.3, -0.25) is 4.79 Å². The van der Waals surface area contributed by atoms with E-state index in [1.807, 2.05) is 25.1 Å². The van der Waals surface area contributed by atoms with Gasteiger partial charge in [-0.25, -0.2) is 0 Å². The number of nitrogens with one attached hydrogen (secondary N) is 1. The number of hydrogen-bond donors (Lipinski definition) is 3. The van der Waals surface area contributed by atoms with Gasteiger partial charge in [-0.05, 0) is 43.5 Å².